The number of thiol groups is 1. The van der Waals surface area contributed by atoms with Gasteiger partial charge in [-0.25, -0.2) is 0 Å². The average molecular weight is 267 g/mol. The molecule has 1 atom stereocenters. The molecule has 1 rings (SSSR count). The SMILES string of the molecule is COC(=O)Cc1ccc(NC(=O)C(C)CS)cc1. The molecule has 1 amide bonds. The van der Waals surface area contributed by atoms with Crippen molar-refractivity contribution in [3.63, 3.8) is 0 Å². The summed E-state index contributed by atoms with van der Waals surface area (Å²) in [6.45, 7) is 1.81. The van der Waals surface area contributed by atoms with Gasteiger partial charge in [0.2, 0.25) is 5.91 Å². The summed E-state index contributed by atoms with van der Waals surface area (Å²) >= 11 is 4.07. The summed E-state index contributed by atoms with van der Waals surface area (Å²) in [5, 5.41) is 2.78. The molecule has 0 aliphatic rings. The van der Waals surface area contributed by atoms with Crippen molar-refractivity contribution in [3.8, 4) is 0 Å². The second-order valence-electron chi connectivity index (χ2n) is 4.02. The van der Waals surface area contributed by atoms with Gasteiger partial charge in [0.05, 0.1) is 13.5 Å². The molecule has 0 saturated heterocycles. The lowest BCUT2D eigenvalue weighted by molar-refractivity contribution is -0.139. The molecule has 1 N–H and O–H groups in total. The van der Waals surface area contributed by atoms with E-state index in [4.69, 9.17) is 0 Å². The van der Waals surface area contributed by atoms with E-state index in [-0.39, 0.29) is 24.2 Å². The van der Waals surface area contributed by atoms with E-state index in [1.807, 2.05) is 6.92 Å². The minimum atomic E-state index is -0.282. The van der Waals surface area contributed by atoms with Gasteiger partial charge in [-0.2, -0.15) is 12.6 Å². The number of benzene rings is 1. The first kappa shape index (κ1) is 14.6. The Balaban J connectivity index is 2.60. The number of rotatable bonds is 5. The highest BCUT2D eigenvalue weighted by Gasteiger charge is 2.10. The number of hydrogen-bond acceptors (Lipinski definition) is 4. The summed E-state index contributed by atoms with van der Waals surface area (Å²) in [7, 11) is 1.36. The van der Waals surface area contributed by atoms with Gasteiger partial charge in [-0.1, -0.05) is 19.1 Å². The van der Waals surface area contributed by atoms with Gasteiger partial charge in [-0.15, -0.1) is 0 Å². The fraction of sp³-hybridized carbons (Fsp3) is 0.385. The van der Waals surface area contributed by atoms with Crippen LogP contribution in [0.2, 0.25) is 0 Å². The van der Waals surface area contributed by atoms with Crippen LogP contribution in [-0.4, -0.2) is 24.7 Å². The third-order valence-electron chi connectivity index (χ3n) is 2.52. The van der Waals surface area contributed by atoms with E-state index >= 15 is 0 Å². The highest BCUT2D eigenvalue weighted by Crippen LogP contribution is 2.12. The molecule has 4 nitrogen and oxygen atoms in total. The van der Waals surface area contributed by atoms with Crippen LogP contribution in [0.3, 0.4) is 0 Å². The van der Waals surface area contributed by atoms with Gasteiger partial charge in [-0.05, 0) is 17.7 Å². The minimum absolute atomic E-state index is 0.0642. The number of anilines is 1. The van der Waals surface area contributed by atoms with Crippen LogP contribution >= 0.6 is 12.6 Å². The van der Waals surface area contributed by atoms with Crippen LogP contribution in [0.5, 0.6) is 0 Å². The topological polar surface area (TPSA) is 55.4 Å². The number of hydrogen-bond donors (Lipinski definition) is 2. The smallest absolute Gasteiger partial charge is 0.309 e. The predicted octanol–water partition coefficient (Wildman–Crippen LogP) is 1.91. The Bertz CT molecular complexity index is 417. The molecule has 0 aromatic heterocycles. The van der Waals surface area contributed by atoms with E-state index in [0.717, 1.165) is 5.56 Å². The second kappa shape index (κ2) is 7.06. The molecule has 0 aliphatic carbocycles. The van der Waals surface area contributed by atoms with Crippen LogP contribution in [0, 0.1) is 5.92 Å². The van der Waals surface area contributed by atoms with Gasteiger partial charge in [-0.3, -0.25) is 9.59 Å². The second-order valence-corrected chi connectivity index (χ2v) is 4.39. The maximum atomic E-state index is 11.6. The van der Waals surface area contributed by atoms with Crippen LogP contribution in [0.15, 0.2) is 24.3 Å². The number of ether oxygens (including phenoxy) is 1. The maximum absolute atomic E-state index is 11.6. The Labute approximate surface area is 112 Å². The first-order chi connectivity index (χ1) is 8.56. The van der Waals surface area contributed by atoms with Gasteiger partial charge in [0, 0.05) is 17.4 Å². The largest absolute Gasteiger partial charge is 0.469 e. The third kappa shape index (κ3) is 4.41. The van der Waals surface area contributed by atoms with E-state index in [9.17, 15) is 9.59 Å². The molecule has 1 aromatic carbocycles. The van der Waals surface area contributed by atoms with Crippen molar-refractivity contribution in [2.45, 2.75) is 13.3 Å². The van der Waals surface area contributed by atoms with E-state index in [2.05, 4.69) is 22.7 Å². The van der Waals surface area contributed by atoms with E-state index < -0.39 is 0 Å². The lowest BCUT2D eigenvalue weighted by Crippen LogP contribution is -2.21. The molecule has 0 saturated carbocycles. The minimum Gasteiger partial charge on any atom is -0.469 e. The molecule has 0 radical (unpaired) electrons. The summed E-state index contributed by atoms with van der Waals surface area (Å²) in [5.41, 5.74) is 1.56. The van der Waals surface area contributed by atoms with Crippen molar-refractivity contribution in [2.75, 3.05) is 18.2 Å². The summed E-state index contributed by atoms with van der Waals surface area (Å²) in [5.74, 6) is 0.0241. The Kier molecular flexibility index (Phi) is 5.71. The van der Waals surface area contributed by atoms with Gasteiger partial charge in [0.1, 0.15) is 0 Å². The van der Waals surface area contributed by atoms with Crippen LogP contribution in [-0.2, 0) is 20.7 Å². The lowest BCUT2D eigenvalue weighted by Gasteiger charge is -2.10. The van der Waals surface area contributed by atoms with E-state index in [0.29, 0.717) is 11.4 Å². The van der Waals surface area contributed by atoms with Crippen molar-refractivity contribution in [1.29, 1.82) is 0 Å². The predicted molar refractivity (Wildman–Crippen MR) is 73.8 cm³/mol. The summed E-state index contributed by atoms with van der Waals surface area (Å²) in [6, 6.07) is 7.11. The molecule has 1 aromatic rings. The van der Waals surface area contributed by atoms with Crippen LogP contribution < -0.4 is 5.32 Å². The van der Waals surface area contributed by atoms with Crippen molar-refractivity contribution < 1.29 is 14.3 Å². The fourth-order valence-electron chi connectivity index (χ4n) is 1.29. The number of carbonyl (C=O) groups is 2. The molecule has 18 heavy (non-hydrogen) atoms. The van der Waals surface area contributed by atoms with Crippen molar-refractivity contribution in [2.24, 2.45) is 5.92 Å². The number of esters is 1. The van der Waals surface area contributed by atoms with Crippen molar-refractivity contribution in [3.05, 3.63) is 29.8 Å². The lowest BCUT2D eigenvalue weighted by atomic mass is 10.1. The highest BCUT2D eigenvalue weighted by atomic mass is 32.1. The maximum Gasteiger partial charge on any atom is 0.309 e. The molecule has 5 heteroatoms. The quantitative estimate of drug-likeness (QED) is 0.633. The third-order valence-corrected chi connectivity index (χ3v) is 3.07. The molecule has 0 heterocycles. The van der Waals surface area contributed by atoms with E-state index in [1.54, 1.807) is 24.3 Å². The molecule has 0 bridgehead atoms. The molecule has 0 aliphatic heterocycles. The van der Waals surface area contributed by atoms with Gasteiger partial charge in [0.15, 0.2) is 0 Å². The Morgan fingerprint density at radius 3 is 2.44 bits per heavy atom. The fourth-order valence-corrected chi connectivity index (χ4v) is 1.46. The molecular weight excluding hydrogens is 250 g/mol. The summed E-state index contributed by atoms with van der Waals surface area (Å²) < 4.78 is 4.58. The van der Waals surface area contributed by atoms with Crippen molar-refractivity contribution in [1.82, 2.24) is 0 Å². The molecule has 0 spiro atoms. The summed E-state index contributed by atoms with van der Waals surface area (Å²) in [4.78, 5) is 22.7. The molecule has 1 unspecified atom stereocenters. The van der Waals surface area contributed by atoms with Crippen LogP contribution in [0.25, 0.3) is 0 Å². The zero-order chi connectivity index (χ0) is 13.5. The van der Waals surface area contributed by atoms with Crippen LogP contribution in [0.4, 0.5) is 5.69 Å². The van der Waals surface area contributed by atoms with Crippen molar-refractivity contribution >= 4 is 30.2 Å². The highest BCUT2D eigenvalue weighted by molar-refractivity contribution is 7.80. The molecule has 98 valence electrons. The van der Waals surface area contributed by atoms with E-state index in [1.165, 1.54) is 7.11 Å². The molecule has 0 fully saturated rings. The number of carbonyl (C=O) groups excluding carboxylic acids is 2. The standard InChI is InChI=1S/C13H17NO3S/c1-9(8-18)13(16)14-11-5-3-10(4-6-11)7-12(15)17-2/h3-6,9,18H,7-8H2,1-2H3,(H,14,16). The first-order valence-corrected chi connectivity index (χ1v) is 6.27. The Hall–Kier alpha value is -1.49. The van der Waals surface area contributed by atoms with Gasteiger partial charge in [0.25, 0.3) is 0 Å². The molecular formula is C13H17NO3S. The van der Waals surface area contributed by atoms with Gasteiger partial charge >= 0.3 is 5.97 Å². The first-order valence-electron chi connectivity index (χ1n) is 5.64. The zero-order valence-corrected chi connectivity index (χ0v) is 11.4. The number of methoxy groups -OCH3 is 1. The number of nitrogens with one attached hydrogen (secondary N) is 1. The number of amides is 1. The Morgan fingerprint density at radius 2 is 1.94 bits per heavy atom. The Morgan fingerprint density at radius 1 is 1.33 bits per heavy atom. The van der Waals surface area contributed by atoms with Gasteiger partial charge < -0.3 is 10.1 Å². The normalized spacial score (nSPS) is 11.7. The monoisotopic (exact) mass is 267 g/mol. The van der Waals surface area contributed by atoms with Crippen LogP contribution in [0.1, 0.15) is 12.5 Å². The summed E-state index contributed by atoms with van der Waals surface area (Å²) in [6.07, 6.45) is 0.234. The average Bonchev–Trinajstić information content (AvgIpc) is 2.39. The zero-order valence-electron chi connectivity index (χ0n) is 10.5.